The zero-order chi connectivity index (χ0) is 12.1. The summed E-state index contributed by atoms with van der Waals surface area (Å²) in [6, 6.07) is 13.3. The first-order valence-electron chi connectivity index (χ1n) is 5.68. The molecule has 0 bridgehead atoms. The Morgan fingerprint density at radius 3 is 2.82 bits per heavy atom. The number of phenols is 1. The van der Waals surface area contributed by atoms with Gasteiger partial charge in [-0.3, -0.25) is 4.98 Å². The third kappa shape index (κ3) is 3.29. The fourth-order valence-electron chi connectivity index (χ4n) is 1.67. The Morgan fingerprint density at radius 1 is 1.24 bits per heavy atom. The minimum Gasteiger partial charge on any atom is -0.508 e. The van der Waals surface area contributed by atoms with Crippen molar-refractivity contribution in [2.75, 3.05) is 0 Å². The van der Waals surface area contributed by atoms with E-state index in [1.54, 1.807) is 18.3 Å². The zero-order valence-electron chi connectivity index (χ0n) is 9.80. The van der Waals surface area contributed by atoms with E-state index in [9.17, 15) is 5.11 Å². The second-order valence-electron chi connectivity index (χ2n) is 4.03. The van der Waals surface area contributed by atoms with Crippen LogP contribution in [0.3, 0.4) is 0 Å². The predicted octanol–water partition coefficient (Wildman–Crippen LogP) is 2.64. The van der Waals surface area contributed by atoms with E-state index < -0.39 is 0 Å². The summed E-state index contributed by atoms with van der Waals surface area (Å²) >= 11 is 0. The molecule has 0 amide bonds. The van der Waals surface area contributed by atoms with Crippen LogP contribution in [0.1, 0.15) is 24.2 Å². The zero-order valence-corrected chi connectivity index (χ0v) is 9.80. The van der Waals surface area contributed by atoms with Gasteiger partial charge in [-0.15, -0.1) is 0 Å². The quantitative estimate of drug-likeness (QED) is 0.845. The van der Waals surface area contributed by atoms with Gasteiger partial charge < -0.3 is 10.4 Å². The standard InChI is InChI=1S/C14H16N2O/c1-11(14-7-2-3-8-15-14)16-10-12-5-4-6-13(17)9-12/h2-9,11,16-17H,10H2,1H3/t11-/m0/s1. The number of hydrogen-bond acceptors (Lipinski definition) is 3. The van der Waals surface area contributed by atoms with Crippen LogP contribution < -0.4 is 5.32 Å². The number of aromatic nitrogens is 1. The summed E-state index contributed by atoms with van der Waals surface area (Å²) in [5.41, 5.74) is 2.08. The lowest BCUT2D eigenvalue weighted by Crippen LogP contribution is -2.18. The van der Waals surface area contributed by atoms with Gasteiger partial charge in [-0.25, -0.2) is 0 Å². The Morgan fingerprint density at radius 2 is 2.12 bits per heavy atom. The van der Waals surface area contributed by atoms with Crippen molar-refractivity contribution in [3.8, 4) is 5.75 Å². The van der Waals surface area contributed by atoms with Crippen molar-refractivity contribution in [2.45, 2.75) is 19.5 Å². The van der Waals surface area contributed by atoms with Crippen LogP contribution in [0.5, 0.6) is 5.75 Å². The number of aromatic hydroxyl groups is 1. The minimum absolute atomic E-state index is 0.193. The number of hydrogen-bond donors (Lipinski definition) is 2. The maximum Gasteiger partial charge on any atom is 0.115 e. The number of nitrogens with zero attached hydrogens (tertiary/aromatic N) is 1. The van der Waals surface area contributed by atoms with Crippen molar-refractivity contribution in [2.24, 2.45) is 0 Å². The largest absolute Gasteiger partial charge is 0.508 e. The first-order valence-corrected chi connectivity index (χ1v) is 5.68. The summed E-state index contributed by atoms with van der Waals surface area (Å²) in [4.78, 5) is 4.30. The Bertz CT molecular complexity index is 471. The van der Waals surface area contributed by atoms with Gasteiger partial charge in [0, 0.05) is 18.8 Å². The van der Waals surface area contributed by atoms with Crippen LogP contribution in [0.25, 0.3) is 0 Å². The van der Waals surface area contributed by atoms with Gasteiger partial charge in [0.05, 0.1) is 5.69 Å². The Hall–Kier alpha value is -1.87. The Labute approximate surface area is 101 Å². The average Bonchev–Trinajstić information content (AvgIpc) is 2.37. The second-order valence-corrected chi connectivity index (χ2v) is 4.03. The molecule has 2 rings (SSSR count). The molecule has 17 heavy (non-hydrogen) atoms. The molecular formula is C14H16N2O. The van der Waals surface area contributed by atoms with E-state index in [-0.39, 0.29) is 6.04 Å². The maximum atomic E-state index is 9.36. The molecule has 88 valence electrons. The number of pyridine rings is 1. The molecule has 1 aromatic carbocycles. The van der Waals surface area contributed by atoms with Crippen LogP contribution in [0.4, 0.5) is 0 Å². The predicted molar refractivity (Wildman–Crippen MR) is 67.6 cm³/mol. The molecule has 0 aliphatic carbocycles. The number of benzene rings is 1. The molecule has 0 fully saturated rings. The van der Waals surface area contributed by atoms with Crippen LogP contribution in [0.2, 0.25) is 0 Å². The van der Waals surface area contributed by atoms with Gasteiger partial charge in [0.2, 0.25) is 0 Å². The summed E-state index contributed by atoms with van der Waals surface area (Å²) in [6.07, 6.45) is 1.79. The van der Waals surface area contributed by atoms with Crippen molar-refractivity contribution in [3.63, 3.8) is 0 Å². The van der Waals surface area contributed by atoms with Crippen molar-refractivity contribution >= 4 is 0 Å². The van der Waals surface area contributed by atoms with Crippen LogP contribution in [-0.4, -0.2) is 10.1 Å². The van der Waals surface area contributed by atoms with E-state index in [4.69, 9.17) is 0 Å². The maximum absolute atomic E-state index is 9.36. The third-order valence-electron chi connectivity index (χ3n) is 2.65. The molecule has 3 heteroatoms. The van der Waals surface area contributed by atoms with Gasteiger partial charge in [-0.2, -0.15) is 0 Å². The number of rotatable bonds is 4. The molecule has 1 heterocycles. The molecule has 2 aromatic rings. The monoisotopic (exact) mass is 228 g/mol. The number of phenolic OH excluding ortho intramolecular Hbond substituents is 1. The fourth-order valence-corrected chi connectivity index (χ4v) is 1.67. The summed E-state index contributed by atoms with van der Waals surface area (Å²) < 4.78 is 0. The number of nitrogens with one attached hydrogen (secondary N) is 1. The topological polar surface area (TPSA) is 45.1 Å². The van der Waals surface area contributed by atoms with Gasteiger partial charge in [-0.05, 0) is 36.8 Å². The summed E-state index contributed by atoms with van der Waals surface area (Å²) in [5.74, 6) is 0.301. The van der Waals surface area contributed by atoms with Crippen molar-refractivity contribution < 1.29 is 5.11 Å². The van der Waals surface area contributed by atoms with Gasteiger partial charge in [0.25, 0.3) is 0 Å². The highest BCUT2D eigenvalue weighted by Gasteiger charge is 2.05. The van der Waals surface area contributed by atoms with E-state index in [0.717, 1.165) is 11.3 Å². The van der Waals surface area contributed by atoms with Gasteiger partial charge >= 0.3 is 0 Å². The highest BCUT2D eigenvalue weighted by molar-refractivity contribution is 5.27. The highest BCUT2D eigenvalue weighted by atomic mass is 16.3. The molecule has 0 saturated carbocycles. The summed E-state index contributed by atoms with van der Waals surface area (Å²) in [6.45, 7) is 2.79. The first kappa shape index (κ1) is 11.6. The van der Waals surface area contributed by atoms with E-state index in [1.165, 1.54) is 0 Å². The van der Waals surface area contributed by atoms with E-state index in [2.05, 4.69) is 17.2 Å². The third-order valence-corrected chi connectivity index (χ3v) is 2.65. The van der Waals surface area contributed by atoms with Gasteiger partial charge in [-0.1, -0.05) is 18.2 Å². The molecule has 3 nitrogen and oxygen atoms in total. The van der Waals surface area contributed by atoms with Gasteiger partial charge in [0.15, 0.2) is 0 Å². The van der Waals surface area contributed by atoms with E-state index in [1.807, 2.05) is 30.3 Å². The molecule has 0 aliphatic rings. The molecule has 1 aromatic heterocycles. The lowest BCUT2D eigenvalue weighted by atomic mass is 10.1. The highest BCUT2D eigenvalue weighted by Crippen LogP contribution is 2.13. The molecule has 2 N–H and O–H groups in total. The average molecular weight is 228 g/mol. The van der Waals surface area contributed by atoms with Crippen molar-refractivity contribution in [1.29, 1.82) is 0 Å². The Kier molecular flexibility index (Phi) is 3.73. The fraction of sp³-hybridized carbons (Fsp3) is 0.214. The minimum atomic E-state index is 0.193. The smallest absolute Gasteiger partial charge is 0.115 e. The Balaban J connectivity index is 1.95. The van der Waals surface area contributed by atoms with E-state index >= 15 is 0 Å². The molecule has 0 saturated heterocycles. The molecular weight excluding hydrogens is 212 g/mol. The lowest BCUT2D eigenvalue weighted by molar-refractivity contribution is 0.473. The first-order chi connectivity index (χ1) is 8.25. The lowest BCUT2D eigenvalue weighted by Gasteiger charge is -2.13. The molecule has 1 atom stereocenters. The van der Waals surface area contributed by atoms with E-state index in [0.29, 0.717) is 12.3 Å². The molecule has 0 radical (unpaired) electrons. The van der Waals surface area contributed by atoms with Crippen molar-refractivity contribution in [3.05, 3.63) is 59.9 Å². The summed E-state index contributed by atoms with van der Waals surface area (Å²) in [7, 11) is 0. The van der Waals surface area contributed by atoms with Crippen molar-refractivity contribution in [1.82, 2.24) is 10.3 Å². The molecule has 0 unspecified atom stereocenters. The van der Waals surface area contributed by atoms with Crippen LogP contribution >= 0.6 is 0 Å². The van der Waals surface area contributed by atoms with Crippen LogP contribution in [0.15, 0.2) is 48.7 Å². The SMILES string of the molecule is C[C@H](NCc1cccc(O)c1)c1ccccn1. The summed E-state index contributed by atoms with van der Waals surface area (Å²) in [5, 5.41) is 12.7. The molecule has 0 spiro atoms. The van der Waals surface area contributed by atoms with Crippen LogP contribution in [-0.2, 0) is 6.54 Å². The van der Waals surface area contributed by atoms with Crippen LogP contribution in [0, 0.1) is 0 Å². The van der Waals surface area contributed by atoms with Gasteiger partial charge in [0.1, 0.15) is 5.75 Å². The second kappa shape index (κ2) is 5.46. The molecule has 0 aliphatic heterocycles. The normalized spacial score (nSPS) is 12.3.